The molecule has 0 saturated heterocycles. The Hall–Kier alpha value is -2.16. The highest BCUT2D eigenvalue weighted by atomic mass is 15.1. The van der Waals surface area contributed by atoms with Crippen molar-refractivity contribution in [2.24, 2.45) is 4.99 Å². The average molecular weight is 237 g/mol. The number of allylic oxidation sites excluding steroid dienone is 3. The zero-order chi connectivity index (χ0) is 12.6. The number of fused-ring (bicyclic) bond motifs is 1. The molecule has 0 bridgehead atoms. The Bertz CT molecular complexity index is 658. The van der Waals surface area contributed by atoms with Gasteiger partial charge < -0.3 is 4.57 Å². The van der Waals surface area contributed by atoms with Crippen molar-refractivity contribution in [2.75, 3.05) is 0 Å². The second-order valence-electron chi connectivity index (χ2n) is 4.68. The normalized spacial score (nSPS) is 22.6. The summed E-state index contributed by atoms with van der Waals surface area (Å²) in [5.74, 6) is 1.01. The van der Waals surface area contributed by atoms with Crippen molar-refractivity contribution >= 4 is 17.2 Å². The third-order valence-electron chi connectivity index (χ3n) is 3.31. The van der Waals surface area contributed by atoms with Crippen LogP contribution in [0.5, 0.6) is 0 Å². The van der Waals surface area contributed by atoms with Crippen LogP contribution >= 0.6 is 0 Å². The molecule has 1 atom stereocenters. The van der Waals surface area contributed by atoms with Gasteiger partial charge >= 0.3 is 0 Å². The van der Waals surface area contributed by atoms with Crippen molar-refractivity contribution in [3.63, 3.8) is 0 Å². The summed E-state index contributed by atoms with van der Waals surface area (Å²) in [6.07, 6.45) is 9.86. The van der Waals surface area contributed by atoms with Gasteiger partial charge in [-0.2, -0.15) is 0 Å². The maximum atomic E-state index is 4.62. The predicted octanol–water partition coefficient (Wildman–Crippen LogP) is 3.21. The summed E-state index contributed by atoms with van der Waals surface area (Å²) in [4.78, 5) is 8.78. The van der Waals surface area contributed by atoms with Gasteiger partial charge in [0.2, 0.25) is 0 Å². The largest absolute Gasteiger partial charge is 0.315 e. The molecule has 0 N–H and O–H groups in total. The third kappa shape index (κ3) is 1.59. The molecule has 1 aromatic heterocycles. The average Bonchev–Trinajstić information content (AvgIpc) is 2.54. The summed E-state index contributed by atoms with van der Waals surface area (Å²) in [7, 11) is 0. The monoisotopic (exact) mass is 237 g/mol. The SMILES string of the molecule is Cc1nc2ccccc2n1C1(C)C=CC=NC=C1. The van der Waals surface area contributed by atoms with Crippen molar-refractivity contribution in [3.8, 4) is 0 Å². The van der Waals surface area contributed by atoms with Crippen LogP contribution in [0.4, 0.5) is 0 Å². The number of rotatable bonds is 1. The summed E-state index contributed by atoms with van der Waals surface area (Å²) in [6.45, 7) is 4.20. The first-order chi connectivity index (χ1) is 8.71. The molecule has 18 heavy (non-hydrogen) atoms. The van der Waals surface area contributed by atoms with E-state index in [2.05, 4.69) is 39.7 Å². The number of hydrogen-bond donors (Lipinski definition) is 0. The Balaban J connectivity index is 2.28. The van der Waals surface area contributed by atoms with Gasteiger partial charge in [0.05, 0.1) is 16.6 Å². The molecule has 2 heterocycles. The molecule has 0 aliphatic carbocycles. The van der Waals surface area contributed by atoms with Gasteiger partial charge in [0.15, 0.2) is 0 Å². The molecule has 0 saturated carbocycles. The minimum absolute atomic E-state index is 0.226. The molecule has 3 rings (SSSR count). The molecule has 0 fully saturated rings. The number of benzene rings is 1. The van der Waals surface area contributed by atoms with E-state index in [0.717, 1.165) is 16.9 Å². The van der Waals surface area contributed by atoms with Crippen LogP contribution in [0.25, 0.3) is 11.0 Å². The first kappa shape index (κ1) is 11.0. The quantitative estimate of drug-likeness (QED) is 0.749. The zero-order valence-electron chi connectivity index (χ0n) is 10.5. The van der Waals surface area contributed by atoms with Crippen molar-refractivity contribution in [1.29, 1.82) is 0 Å². The summed E-state index contributed by atoms with van der Waals surface area (Å²) >= 11 is 0. The Morgan fingerprint density at radius 1 is 1.17 bits per heavy atom. The fourth-order valence-electron chi connectivity index (χ4n) is 2.49. The van der Waals surface area contributed by atoms with Gasteiger partial charge in [-0.25, -0.2) is 4.98 Å². The predicted molar refractivity (Wildman–Crippen MR) is 74.9 cm³/mol. The number of nitrogens with zero attached hydrogens (tertiary/aromatic N) is 3. The molecular weight excluding hydrogens is 222 g/mol. The van der Waals surface area contributed by atoms with E-state index in [-0.39, 0.29) is 5.54 Å². The van der Waals surface area contributed by atoms with E-state index in [1.54, 1.807) is 6.21 Å². The van der Waals surface area contributed by atoms with E-state index in [4.69, 9.17) is 0 Å². The number of aliphatic imine (C=N–C) groups is 1. The molecule has 0 spiro atoms. The van der Waals surface area contributed by atoms with Crippen LogP contribution in [-0.4, -0.2) is 15.8 Å². The lowest BCUT2D eigenvalue weighted by molar-refractivity contribution is 0.516. The van der Waals surface area contributed by atoms with Crippen LogP contribution in [0.2, 0.25) is 0 Å². The minimum Gasteiger partial charge on any atom is -0.315 e. The summed E-state index contributed by atoms with van der Waals surface area (Å²) in [5.41, 5.74) is 1.95. The van der Waals surface area contributed by atoms with Crippen molar-refractivity contribution < 1.29 is 0 Å². The Labute approximate surface area is 106 Å². The summed E-state index contributed by atoms with van der Waals surface area (Å²) in [6, 6.07) is 8.21. The zero-order valence-corrected chi connectivity index (χ0v) is 10.5. The number of para-hydroxylation sites is 2. The van der Waals surface area contributed by atoms with Crippen molar-refractivity contribution in [3.05, 3.63) is 54.5 Å². The highest BCUT2D eigenvalue weighted by molar-refractivity contribution is 5.77. The van der Waals surface area contributed by atoms with E-state index in [1.165, 1.54) is 0 Å². The fourth-order valence-corrected chi connectivity index (χ4v) is 2.49. The molecule has 1 aliphatic heterocycles. The van der Waals surface area contributed by atoms with Gasteiger partial charge in [-0.1, -0.05) is 18.2 Å². The minimum atomic E-state index is -0.226. The van der Waals surface area contributed by atoms with E-state index in [9.17, 15) is 0 Å². The van der Waals surface area contributed by atoms with Gasteiger partial charge in [0, 0.05) is 12.4 Å². The van der Waals surface area contributed by atoms with E-state index < -0.39 is 0 Å². The van der Waals surface area contributed by atoms with Crippen LogP contribution in [0.1, 0.15) is 12.7 Å². The highest BCUT2D eigenvalue weighted by Crippen LogP contribution is 2.28. The molecular formula is C15H15N3. The Morgan fingerprint density at radius 2 is 2.00 bits per heavy atom. The van der Waals surface area contributed by atoms with E-state index >= 15 is 0 Å². The summed E-state index contributed by atoms with van der Waals surface area (Å²) < 4.78 is 2.24. The van der Waals surface area contributed by atoms with Crippen LogP contribution in [0.3, 0.4) is 0 Å². The Kier molecular flexibility index (Phi) is 2.40. The van der Waals surface area contributed by atoms with Crippen LogP contribution in [0.15, 0.2) is 53.7 Å². The van der Waals surface area contributed by atoms with Gasteiger partial charge in [-0.05, 0) is 38.1 Å². The molecule has 3 heteroatoms. The topological polar surface area (TPSA) is 30.2 Å². The van der Waals surface area contributed by atoms with Gasteiger partial charge in [-0.15, -0.1) is 0 Å². The lowest BCUT2D eigenvalue weighted by Gasteiger charge is -2.26. The van der Waals surface area contributed by atoms with E-state index in [0.29, 0.717) is 0 Å². The Morgan fingerprint density at radius 3 is 2.89 bits per heavy atom. The molecule has 0 amide bonds. The fraction of sp³-hybridized carbons (Fsp3) is 0.200. The number of imidazole rings is 1. The lowest BCUT2D eigenvalue weighted by Crippen LogP contribution is -2.26. The highest BCUT2D eigenvalue weighted by Gasteiger charge is 2.24. The second-order valence-corrected chi connectivity index (χ2v) is 4.68. The first-order valence-electron chi connectivity index (χ1n) is 6.04. The number of aromatic nitrogens is 2. The van der Waals surface area contributed by atoms with Crippen LogP contribution in [0, 0.1) is 6.92 Å². The smallest absolute Gasteiger partial charge is 0.107 e. The van der Waals surface area contributed by atoms with Gasteiger partial charge in [-0.3, -0.25) is 4.99 Å². The molecule has 1 aliphatic rings. The summed E-state index contributed by atoms with van der Waals surface area (Å²) in [5, 5.41) is 0. The van der Waals surface area contributed by atoms with Crippen LogP contribution in [-0.2, 0) is 5.54 Å². The molecule has 3 nitrogen and oxygen atoms in total. The number of hydrogen-bond acceptors (Lipinski definition) is 2. The molecule has 1 aromatic carbocycles. The molecule has 0 radical (unpaired) electrons. The lowest BCUT2D eigenvalue weighted by atomic mass is 10.0. The second kappa shape index (κ2) is 3.95. The number of aryl methyl sites for hydroxylation is 1. The van der Waals surface area contributed by atoms with Gasteiger partial charge in [0.1, 0.15) is 5.82 Å². The maximum absolute atomic E-state index is 4.62. The van der Waals surface area contributed by atoms with Crippen molar-refractivity contribution in [2.45, 2.75) is 19.4 Å². The standard InChI is InChI=1S/C15H15N3/c1-12-17-13-6-3-4-7-14(13)18(12)15(2)8-5-10-16-11-9-15/h3-11H,1-2H3. The molecule has 90 valence electrons. The van der Waals surface area contributed by atoms with Gasteiger partial charge in [0.25, 0.3) is 0 Å². The third-order valence-corrected chi connectivity index (χ3v) is 3.31. The van der Waals surface area contributed by atoms with Crippen LogP contribution < -0.4 is 0 Å². The first-order valence-corrected chi connectivity index (χ1v) is 6.04. The molecule has 1 unspecified atom stereocenters. The maximum Gasteiger partial charge on any atom is 0.107 e. The van der Waals surface area contributed by atoms with E-state index in [1.807, 2.05) is 37.4 Å². The molecule has 2 aromatic rings. The van der Waals surface area contributed by atoms with Crippen molar-refractivity contribution in [1.82, 2.24) is 9.55 Å².